The molecular formula is C11H24N4O2. The molecule has 0 radical (unpaired) electrons. The van der Waals surface area contributed by atoms with Gasteiger partial charge >= 0.3 is 0 Å². The van der Waals surface area contributed by atoms with E-state index >= 15 is 0 Å². The zero-order chi connectivity index (χ0) is 13.5. The van der Waals surface area contributed by atoms with Gasteiger partial charge < -0.3 is 21.6 Å². The number of hydrogen-bond acceptors (Lipinski definition) is 4. The van der Waals surface area contributed by atoms with Crippen molar-refractivity contribution >= 4 is 11.7 Å². The van der Waals surface area contributed by atoms with Crippen molar-refractivity contribution in [3.63, 3.8) is 0 Å². The molecule has 0 unspecified atom stereocenters. The third kappa shape index (κ3) is 6.78. The fraction of sp³-hybridized carbons (Fsp3) is 0.818. The number of amides is 1. The van der Waals surface area contributed by atoms with Crippen LogP contribution in [0.4, 0.5) is 0 Å². The van der Waals surface area contributed by atoms with Crippen LogP contribution in [-0.2, 0) is 4.79 Å². The van der Waals surface area contributed by atoms with Crippen LogP contribution in [0.2, 0.25) is 0 Å². The van der Waals surface area contributed by atoms with Crippen LogP contribution in [0.3, 0.4) is 0 Å². The highest BCUT2D eigenvalue weighted by atomic mass is 16.4. The summed E-state index contributed by atoms with van der Waals surface area (Å²) in [6, 6.07) is 0.151. The molecule has 0 aromatic heterocycles. The van der Waals surface area contributed by atoms with Crippen molar-refractivity contribution in [2.24, 2.45) is 16.3 Å². The molecule has 0 rings (SSSR count). The molecule has 100 valence electrons. The van der Waals surface area contributed by atoms with E-state index in [-0.39, 0.29) is 29.7 Å². The average molecular weight is 244 g/mol. The molecule has 0 fully saturated rings. The Morgan fingerprint density at radius 1 is 1.47 bits per heavy atom. The number of oxime groups is 1. The molecular weight excluding hydrogens is 220 g/mol. The number of amidine groups is 1. The maximum absolute atomic E-state index is 11.3. The number of nitrogens with zero attached hydrogens (tertiary/aromatic N) is 1. The lowest BCUT2D eigenvalue weighted by Crippen LogP contribution is -2.40. The standard InChI is InChI=1S/C11H24N4O2/c1-8(2)14-9(16)7-13-6-5-11(3,4)10(12)15-17/h8,13,17H,5-7H2,1-4H3,(H2,12,15)(H,14,16). The highest BCUT2D eigenvalue weighted by Gasteiger charge is 2.22. The van der Waals surface area contributed by atoms with Gasteiger partial charge in [-0.25, -0.2) is 0 Å². The summed E-state index contributed by atoms with van der Waals surface area (Å²) >= 11 is 0. The quantitative estimate of drug-likeness (QED) is 0.170. The zero-order valence-electron chi connectivity index (χ0n) is 11.1. The summed E-state index contributed by atoms with van der Waals surface area (Å²) in [5.74, 6) is 0.174. The second kappa shape index (κ2) is 7.11. The van der Waals surface area contributed by atoms with Gasteiger partial charge in [-0.2, -0.15) is 0 Å². The molecule has 5 N–H and O–H groups in total. The molecule has 0 bridgehead atoms. The van der Waals surface area contributed by atoms with Crippen LogP contribution in [0, 0.1) is 5.41 Å². The lowest BCUT2D eigenvalue weighted by atomic mass is 9.88. The molecule has 6 nitrogen and oxygen atoms in total. The largest absolute Gasteiger partial charge is 0.409 e. The first-order valence-electron chi connectivity index (χ1n) is 5.77. The van der Waals surface area contributed by atoms with Gasteiger partial charge in [0, 0.05) is 11.5 Å². The predicted octanol–water partition coefficient (Wildman–Crippen LogP) is 0.263. The minimum atomic E-state index is -0.379. The minimum Gasteiger partial charge on any atom is -0.409 e. The summed E-state index contributed by atoms with van der Waals surface area (Å²) in [7, 11) is 0. The van der Waals surface area contributed by atoms with Gasteiger partial charge in [-0.05, 0) is 26.8 Å². The van der Waals surface area contributed by atoms with Gasteiger partial charge in [-0.15, -0.1) is 0 Å². The maximum atomic E-state index is 11.3. The molecule has 0 aliphatic carbocycles. The number of carbonyl (C=O) groups is 1. The predicted molar refractivity (Wildman–Crippen MR) is 68.0 cm³/mol. The molecule has 0 aromatic carbocycles. The summed E-state index contributed by atoms with van der Waals surface area (Å²) < 4.78 is 0. The second-order valence-electron chi connectivity index (χ2n) is 5.02. The minimum absolute atomic E-state index is 0.0263. The first-order valence-corrected chi connectivity index (χ1v) is 5.77. The Bertz CT molecular complexity index is 275. The van der Waals surface area contributed by atoms with Crippen molar-refractivity contribution in [3.05, 3.63) is 0 Å². The number of nitrogens with one attached hydrogen (secondary N) is 2. The van der Waals surface area contributed by atoms with Gasteiger partial charge in [-0.1, -0.05) is 19.0 Å². The normalized spacial score (nSPS) is 12.9. The highest BCUT2D eigenvalue weighted by molar-refractivity contribution is 5.85. The van der Waals surface area contributed by atoms with Gasteiger partial charge in [0.1, 0.15) is 5.84 Å². The lowest BCUT2D eigenvalue weighted by molar-refractivity contribution is -0.120. The van der Waals surface area contributed by atoms with Crippen LogP contribution in [0.5, 0.6) is 0 Å². The Hall–Kier alpha value is -1.30. The van der Waals surface area contributed by atoms with Gasteiger partial charge in [0.05, 0.1) is 6.54 Å². The molecule has 0 aliphatic rings. The van der Waals surface area contributed by atoms with Crippen LogP contribution >= 0.6 is 0 Å². The Labute approximate surface area is 103 Å². The van der Waals surface area contributed by atoms with E-state index in [0.29, 0.717) is 13.0 Å². The van der Waals surface area contributed by atoms with E-state index in [2.05, 4.69) is 15.8 Å². The Morgan fingerprint density at radius 2 is 2.06 bits per heavy atom. The van der Waals surface area contributed by atoms with Crippen LogP contribution in [0.25, 0.3) is 0 Å². The third-order valence-electron chi connectivity index (χ3n) is 2.46. The van der Waals surface area contributed by atoms with E-state index in [1.54, 1.807) is 0 Å². The second-order valence-corrected chi connectivity index (χ2v) is 5.02. The van der Waals surface area contributed by atoms with Crippen molar-refractivity contribution in [2.45, 2.75) is 40.2 Å². The Morgan fingerprint density at radius 3 is 2.53 bits per heavy atom. The molecule has 0 aliphatic heterocycles. The summed E-state index contributed by atoms with van der Waals surface area (Å²) in [5.41, 5.74) is 5.17. The molecule has 17 heavy (non-hydrogen) atoms. The summed E-state index contributed by atoms with van der Waals surface area (Å²) in [5, 5.41) is 17.4. The number of rotatable bonds is 7. The Balaban J connectivity index is 3.82. The average Bonchev–Trinajstić information content (AvgIpc) is 2.22. The monoisotopic (exact) mass is 244 g/mol. The van der Waals surface area contributed by atoms with E-state index in [0.717, 1.165) is 0 Å². The summed E-state index contributed by atoms with van der Waals surface area (Å²) in [6.45, 7) is 8.52. The van der Waals surface area contributed by atoms with E-state index in [4.69, 9.17) is 10.9 Å². The van der Waals surface area contributed by atoms with E-state index in [1.807, 2.05) is 27.7 Å². The van der Waals surface area contributed by atoms with Crippen molar-refractivity contribution < 1.29 is 10.0 Å². The number of carbonyl (C=O) groups excluding carboxylic acids is 1. The van der Waals surface area contributed by atoms with E-state index in [9.17, 15) is 4.79 Å². The fourth-order valence-electron chi connectivity index (χ4n) is 1.24. The lowest BCUT2D eigenvalue weighted by Gasteiger charge is -2.22. The van der Waals surface area contributed by atoms with Crippen molar-refractivity contribution in [1.82, 2.24) is 10.6 Å². The molecule has 0 atom stereocenters. The maximum Gasteiger partial charge on any atom is 0.234 e. The SMILES string of the molecule is CC(C)NC(=O)CNCCC(C)(C)C(N)=NO. The topological polar surface area (TPSA) is 99.7 Å². The van der Waals surface area contributed by atoms with Gasteiger partial charge in [-0.3, -0.25) is 4.79 Å². The molecule has 0 aromatic rings. The third-order valence-corrected chi connectivity index (χ3v) is 2.46. The molecule has 6 heteroatoms. The van der Waals surface area contributed by atoms with Gasteiger partial charge in [0.15, 0.2) is 0 Å². The van der Waals surface area contributed by atoms with Crippen molar-refractivity contribution in [2.75, 3.05) is 13.1 Å². The van der Waals surface area contributed by atoms with E-state index < -0.39 is 0 Å². The molecule has 0 spiro atoms. The van der Waals surface area contributed by atoms with Crippen LogP contribution in [0.15, 0.2) is 5.16 Å². The Kier molecular flexibility index (Phi) is 6.57. The highest BCUT2D eigenvalue weighted by Crippen LogP contribution is 2.19. The van der Waals surface area contributed by atoms with Crippen molar-refractivity contribution in [3.8, 4) is 0 Å². The van der Waals surface area contributed by atoms with Crippen LogP contribution < -0.4 is 16.4 Å². The van der Waals surface area contributed by atoms with Gasteiger partial charge in [0.2, 0.25) is 5.91 Å². The van der Waals surface area contributed by atoms with Crippen LogP contribution in [0.1, 0.15) is 34.1 Å². The smallest absolute Gasteiger partial charge is 0.234 e. The first kappa shape index (κ1) is 15.7. The summed E-state index contributed by atoms with van der Waals surface area (Å²) in [6.07, 6.45) is 0.692. The fourth-order valence-corrected chi connectivity index (χ4v) is 1.24. The van der Waals surface area contributed by atoms with E-state index in [1.165, 1.54) is 0 Å². The molecule has 0 saturated carbocycles. The number of hydrogen-bond donors (Lipinski definition) is 4. The zero-order valence-corrected chi connectivity index (χ0v) is 11.1. The molecule has 0 saturated heterocycles. The number of nitrogens with two attached hydrogens (primary N) is 1. The molecule has 0 heterocycles. The molecule has 1 amide bonds. The van der Waals surface area contributed by atoms with Crippen LogP contribution in [-0.4, -0.2) is 36.1 Å². The summed E-state index contributed by atoms with van der Waals surface area (Å²) in [4.78, 5) is 11.3. The first-order chi connectivity index (χ1) is 7.79. The van der Waals surface area contributed by atoms with Crippen molar-refractivity contribution in [1.29, 1.82) is 0 Å². The van der Waals surface area contributed by atoms with Gasteiger partial charge in [0.25, 0.3) is 0 Å².